The number of thiophene rings is 1. The normalized spacial score (nSPS) is 10.5. The molecule has 2 rings (SSSR count). The van der Waals surface area contributed by atoms with Crippen molar-refractivity contribution < 1.29 is 18.8 Å². The van der Waals surface area contributed by atoms with E-state index >= 15 is 0 Å². The summed E-state index contributed by atoms with van der Waals surface area (Å²) >= 11 is 7.22. The van der Waals surface area contributed by atoms with E-state index in [9.17, 15) is 9.59 Å². The first-order valence-electron chi connectivity index (χ1n) is 6.25. The first kappa shape index (κ1) is 16.3. The maximum atomic E-state index is 11.9. The predicted octanol–water partition coefficient (Wildman–Crippen LogP) is 2.10. The minimum Gasteiger partial charge on any atom is -0.452 e. The number of esters is 1. The van der Waals surface area contributed by atoms with Crippen molar-refractivity contribution in [1.82, 2.24) is 10.1 Å². The molecular weight excluding hydrogens is 330 g/mol. The summed E-state index contributed by atoms with van der Waals surface area (Å²) in [4.78, 5) is 26.2. The van der Waals surface area contributed by atoms with Crippen LogP contribution < -0.4 is 5.73 Å². The molecule has 2 heterocycles. The Kier molecular flexibility index (Phi) is 5.04. The van der Waals surface area contributed by atoms with Gasteiger partial charge in [-0.1, -0.05) is 16.8 Å². The van der Waals surface area contributed by atoms with Gasteiger partial charge in [-0.05, 0) is 19.1 Å². The SMILES string of the molecule is Cc1noc(N)c1C(=O)OCC(=O)N(C)Cc1ccc(Cl)s1. The lowest BCUT2D eigenvalue weighted by atomic mass is 10.2. The van der Waals surface area contributed by atoms with Gasteiger partial charge in [0.25, 0.3) is 5.91 Å². The fraction of sp³-hybridized carbons (Fsp3) is 0.308. The largest absolute Gasteiger partial charge is 0.452 e. The second-order valence-corrected chi connectivity index (χ2v) is 6.34. The van der Waals surface area contributed by atoms with Crippen LogP contribution in [0.3, 0.4) is 0 Å². The molecule has 0 unspecified atom stereocenters. The first-order chi connectivity index (χ1) is 10.4. The Bertz CT molecular complexity index is 678. The summed E-state index contributed by atoms with van der Waals surface area (Å²) in [6.45, 7) is 1.56. The number of nitrogens with zero attached hydrogens (tertiary/aromatic N) is 2. The highest BCUT2D eigenvalue weighted by molar-refractivity contribution is 7.16. The van der Waals surface area contributed by atoms with Gasteiger partial charge < -0.3 is 19.9 Å². The number of carbonyl (C=O) groups is 2. The van der Waals surface area contributed by atoms with Gasteiger partial charge in [-0.15, -0.1) is 11.3 Å². The molecule has 7 nitrogen and oxygen atoms in total. The second-order valence-electron chi connectivity index (χ2n) is 4.54. The summed E-state index contributed by atoms with van der Waals surface area (Å²) in [6, 6.07) is 3.60. The molecule has 0 fully saturated rings. The number of amides is 1. The van der Waals surface area contributed by atoms with Crippen LogP contribution in [0.2, 0.25) is 4.34 Å². The number of hydrogen-bond acceptors (Lipinski definition) is 7. The Morgan fingerprint density at radius 3 is 2.77 bits per heavy atom. The number of ether oxygens (including phenoxy) is 1. The Morgan fingerprint density at radius 1 is 1.50 bits per heavy atom. The number of hydrogen-bond donors (Lipinski definition) is 1. The van der Waals surface area contributed by atoms with Crippen LogP contribution in [0.15, 0.2) is 16.7 Å². The zero-order chi connectivity index (χ0) is 16.3. The number of nitrogen functional groups attached to an aromatic ring is 1. The number of likely N-dealkylation sites (N-methyl/N-ethyl adjacent to an activating group) is 1. The number of anilines is 1. The van der Waals surface area contributed by atoms with Crippen LogP contribution in [0, 0.1) is 6.92 Å². The molecular formula is C13H14ClN3O4S. The van der Waals surface area contributed by atoms with E-state index in [0.29, 0.717) is 16.6 Å². The first-order valence-corrected chi connectivity index (χ1v) is 7.45. The van der Waals surface area contributed by atoms with Crippen LogP contribution in [-0.2, 0) is 16.1 Å². The summed E-state index contributed by atoms with van der Waals surface area (Å²) in [5.74, 6) is -1.21. The van der Waals surface area contributed by atoms with Crippen LogP contribution in [0.25, 0.3) is 0 Å². The topological polar surface area (TPSA) is 98.7 Å². The molecule has 118 valence electrons. The van der Waals surface area contributed by atoms with Gasteiger partial charge in [-0.25, -0.2) is 4.79 Å². The number of rotatable bonds is 5. The minimum atomic E-state index is -0.739. The molecule has 0 aromatic carbocycles. The van der Waals surface area contributed by atoms with Crippen LogP contribution in [0.4, 0.5) is 5.88 Å². The molecule has 0 saturated carbocycles. The van der Waals surface area contributed by atoms with Gasteiger partial charge in [0.05, 0.1) is 16.6 Å². The molecule has 0 aliphatic heterocycles. The highest BCUT2D eigenvalue weighted by atomic mass is 35.5. The second kappa shape index (κ2) is 6.80. The van der Waals surface area contributed by atoms with E-state index in [0.717, 1.165) is 4.88 Å². The molecule has 1 amide bonds. The number of aromatic nitrogens is 1. The summed E-state index contributed by atoms with van der Waals surface area (Å²) in [5, 5.41) is 3.55. The van der Waals surface area contributed by atoms with Gasteiger partial charge in [0.2, 0.25) is 5.88 Å². The molecule has 9 heteroatoms. The van der Waals surface area contributed by atoms with Crippen LogP contribution in [-0.4, -0.2) is 35.6 Å². The monoisotopic (exact) mass is 343 g/mol. The third-order valence-corrected chi connectivity index (χ3v) is 4.08. The lowest BCUT2D eigenvalue weighted by Gasteiger charge is -2.16. The van der Waals surface area contributed by atoms with Crippen molar-refractivity contribution in [1.29, 1.82) is 0 Å². The Morgan fingerprint density at radius 2 is 2.23 bits per heavy atom. The van der Waals surface area contributed by atoms with Crippen molar-refractivity contribution in [2.24, 2.45) is 0 Å². The lowest BCUT2D eigenvalue weighted by molar-refractivity contribution is -0.133. The van der Waals surface area contributed by atoms with E-state index in [2.05, 4.69) is 9.68 Å². The third-order valence-electron chi connectivity index (χ3n) is 2.87. The lowest BCUT2D eigenvalue weighted by Crippen LogP contribution is -2.30. The minimum absolute atomic E-state index is 0.0421. The smallest absolute Gasteiger partial charge is 0.346 e. The molecule has 0 saturated heterocycles. The number of carbonyl (C=O) groups excluding carboxylic acids is 2. The molecule has 0 bridgehead atoms. The van der Waals surface area contributed by atoms with Gasteiger partial charge in [0.15, 0.2) is 6.61 Å². The third kappa shape index (κ3) is 3.77. The van der Waals surface area contributed by atoms with E-state index in [-0.39, 0.29) is 17.4 Å². The Balaban J connectivity index is 1.88. The fourth-order valence-corrected chi connectivity index (χ4v) is 2.84. The summed E-state index contributed by atoms with van der Waals surface area (Å²) in [6.07, 6.45) is 0. The maximum absolute atomic E-state index is 11.9. The molecule has 0 atom stereocenters. The van der Waals surface area contributed by atoms with Gasteiger partial charge in [-0.2, -0.15) is 0 Å². The summed E-state index contributed by atoms with van der Waals surface area (Å²) in [7, 11) is 1.61. The molecule has 2 aromatic rings. The van der Waals surface area contributed by atoms with Gasteiger partial charge in [0, 0.05) is 11.9 Å². The van der Waals surface area contributed by atoms with Crippen molar-refractivity contribution in [2.75, 3.05) is 19.4 Å². The van der Waals surface area contributed by atoms with Crippen molar-refractivity contribution in [2.45, 2.75) is 13.5 Å². The zero-order valence-corrected chi connectivity index (χ0v) is 13.5. The fourth-order valence-electron chi connectivity index (χ4n) is 1.70. The molecule has 0 spiro atoms. The average molecular weight is 344 g/mol. The molecule has 0 radical (unpaired) electrons. The molecule has 2 N–H and O–H groups in total. The number of nitrogens with two attached hydrogens (primary N) is 1. The molecule has 0 aliphatic rings. The van der Waals surface area contributed by atoms with Crippen molar-refractivity contribution in [3.05, 3.63) is 32.6 Å². The quantitative estimate of drug-likeness (QED) is 0.835. The van der Waals surface area contributed by atoms with E-state index in [1.165, 1.54) is 16.2 Å². The molecule has 2 aromatic heterocycles. The summed E-state index contributed by atoms with van der Waals surface area (Å²) < 4.78 is 10.3. The molecule has 0 aliphatic carbocycles. The van der Waals surface area contributed by atoms with Gasteiger partial charge in [0.1, 0.15) is 5.56 Å². The molecule has 22 heavy (non-hydrogen) atoms. The summed E-state index contributed by atoms with van der Waals surface area (Å²) in [5.41, 5.74) is 5.83. The van der Waals surface area contributed by atoms with Crippen LogP contribution in [0.1, 0.15) is 20.9 Å². The van der Waals surface area contributed by atoms with Crippen molar-refractivity contribution >= 4 is 40.7 Å². The number of halogens is 1. The highest BCUT2D eigenvalue weighted by Crippen LogP contribution is 2.22. The van der Waals surface area contributed by atoms with Crippen molar-refractivity contribution in [3.8, 4) is 0 Å². The van der Waals surface area contributed by atoms with Crippen LogP contribution >= 0.6 is 22.9 Å². The maximum Gasteiger partial charge on any atom is 0.346 e. The predicted molar refractivity (Wildman–Crippen MR) is 81.7 cm³/mol. The van der Waals surface area contributed by atoms with Gasteiger partial charge in [-0.3, -0.25) is 4.79 Å². The number of aryl methyl sites for hydroxylation is 1. The van der Waals surface area contributed by atoms with E-state index in [1.807, 2.05) is 6.07 Å². The van der Waals surface area contributed by atoms with E-state index < -0.39 is 12.6 Å². The van der Waals surface area contributed by atoms with Gasteiger partial charge >= 0.3 is 5.97 Å². The van der Waals surface area contributed by atoms with Crippen molar-refractivity contribution in [3.63, 3.8) is 0 Å². The standard InChI is InChI=1S/C13H14ClN3O4S/c1-7-11(12(15)21-16-7)13(19)20-6-10(18)17(2)5-8-3-4-9(14)22-8/h3-4H,5-6,15H2,1-2H3. The average Bonchev–Trinajstić information content (AvgIpc) is 3.01. The highest BCUT2D eigenvalue weighted by Gasteiger charge is 2.21. The zero-order valence-electron chi connectivity index (χ0n) is 12.0. The van der Waals surface area contributed by atoms with E-state index in [4.69, 9.17) is 22.1 Å². The van der Waals surface area contributed by atoms with Crippen LogP contribution in [0.5, 0.6) is 0 Å². The van der Waals surface area contributed by atoms with E-state index in [1.54, 1.807) is 20.0 Å². The Labute approximate surface area is 135 Å². The Hall–Kier alpha value is -2.06.